The van der Waals surface area contributed by atoms with E-state index in [-0.39, 0.29) is 17.2 Å². The lowest BCUT2D eigenvalue weighted by Crippen LogP contribution is -2.26. The Bertz CT molecular complexity index is 1060. The molecule has 27 heavy (non-hydrogen) atoms. The zero-order valence-corrected chi connectivity index (χ0v) is 14.8. The Labute approximate surface area is 155 Å². The molecular formula is C20H17N3O4. The van der Waals surface area contributed by atoms with Crippen LogP contribution in [0.3, 0.4) is 0 Å². The van der Waals surface area contributed by atoms with Gasteiger partial charge in [0.05, 0.1) is 18.9 Å². The molecule has 2 aromatic carbocycles. The van der Waals surface area contributed by atoms with Crippen LogP contribution in [0.1, 0.15) is 27.8 Å². The highest BCUT2D eigenvalue weighted by molar-refractivity contribution is 6.05. The Kier molecular flexibility index (Phi) is 5.12. The van der Waals surface area contributed by atoms with Crippen LogP contribution >= 0.6 is 0 Å². The van der Waals surface area contributed by atoms with Gasteiger partial charge >= 0.3 is 0 Å². The molecule has 1 aromatic heterocycles. The number of para-hydroxylation sites is 1. The van der Waals surface area contributed by atoms with Crippen LogP contribution in [0, 0.1) is 0 Å². The molecule has 0 atom stereocenters. The summed E-state index contributed by atoms with van der Waals surface area (Å²) in [5.41, 5.74) is 0.969. The van der Waals surface area contributed by atoms with Gasteiger partial charge in [-0.2, -0.15) is 9.78 Å². The molecule has 1 heterocycles. The van der Waals surface area contributed by atoms with Gasteiger partial charge in [0.15, 0.2) is 17.2 Å². The molecular weight excluding hydrogens is 346 g/mol. The number of hydrogen-bond donors (Lipinski definition) is 1. The lowest BCUT2D eigenvalue weighted by atomic mass is 10.1. The minimum absolute atomic E-state index is 0.0471. The van der Waals surface area contributed by atoms with Crippen molar-refractivity contribution in [2.45, 2.75) is 6.92 Å². The zero-order chi connectivity index (χ0) is 19.4. The molecule has 0 aliphatic heterocycles. The van der Waals surface area contributed by atoms with E-state index in [9.17, 15) is 14.4 Å². The van der Waals surface area contributed by atoms with Crippen LogP contribution in [0.4, 0.5) is 5.69 Å². The van der Waals surface area contributed by atoms with Crippen LogP contribution in [0.5, 0.6) is 5.75 Å². The molecule has 0 saturated heterocycles. The maximum absolute atomic E-state index is 12.7. The van der Waals surface area contributed by atoms with Crippen molar-refractivity contribution in [3.63, 3.8) is 0 Å². The number of ketones is 1. The molecule has 3 aromatic rings. The van der Waals surface area contributed by atoms with Crippen LogP contribution < -0.4 is 15.6 Å². The van der Waals surface area contributed by atoms with Crippen LogP contribution in [0.15, 0.2) is 65.5 Å². The molecule has 7 heteroatoms. The zero-order valence-electron chi connectivity index (χ0n) is 14.8. The molecule has 7 nitrogen and oxygen atoms in total. The van der Waals surface area contributed by atoms with Gasteiger partial charge in [0.1, 0.15) is 0 Å². The Hall–Kier alpha value is -3.74. The third-order valence-corrected chi connectivity index (χ3v) is 3.86. The average Bonchev–Trinajstić information content (AvgIpc) is 2.68. The van der Waals surface area contributed by atoms with Crippen molar-refractivity contribution in [2.24, 2.45) is 0 Å². The number of methoxy groups -OCH3 is 1. The largest absolute Gasteiger partial charge is 0.494 e. The summed E-state index contributed by atoms with van der Waals surface area (Å²) >= 11 is 0. The summed E-state index contributed by atoms with van der Waals surface area (Å²) < 4.78 is 6.28. The number of nitrogens with one attached hydrogen (secondary N) is 1. The number of carbonyl (C=O) groups excluding carboxylic acids is 2. The maximum atomic E-state index is 12.7. The van der Waals surface area contributed by atoms with E-state index < -0.39 is 11.5 Å². The number of nitrogens with zero attached hydrogens (tertiary/aromatic N) is 2. The van der Waals surface area contributed by atoms with Gasteiger partial charge in [-0.15, -0.1) is 0 Å². The van der Waals surface area contributed by atoms with Crippen LogP contribution in [-0.4, -0.2) is 28.6 Å². The summed E-state index contributed by atoms with van der Waals surface area (Å²) in [6.07, 6.45) is 0. The second-order valence-electron chi connectivity index (χ2n) is 5.74. The monoisotopic (exact) mass is 363 g/mol. The van der Waals surface area contributed by atoms with Crippen molar-refractivity contribution in [3.8, 4) is 11.4 Å². The van der Waals surface area contributed by atoms with Gasteiger partial charge in [0.25, 0.3) is 11.5 Å². The average molecular weight is 363 g/mol. The van der Waals surface area contributed by atoms with Gasteiger partial charge in [-0.25, -0.2) is 0 Å². The molecule has 0 aliphatic carbocycles. The number of aromatic nitrogens is 2. The van der Waals surface area contributed by atoms with Gasteiger partial charge in [0.2, 0.25) is 0 Å². The summed E-state index contributed by atoms with van der Waals surface area (Å²) in [4.78, 5) is 36.5. The van der Waals surface area contributed by atoms with Crippen molar-refractivity contribution in [2.75, 3.05) is 12.4 Å². The van der Waals surface area contributed by atoms with E-state index in [2.05, 4.69) is 10.4 Å². The van der Waals surface area contributed by atoms with E-state index >= 15 is 0 Å². The molecule has 0 bridgehead atoms. The van der Waals surface area contributed by atoms with E-state index in [0.29, 0.717) is 16.9 Å². The molecule has 3 rings (SSSR count). The van der Waals surface area contributed by atoms with Crippen molar-refractivity contribution in [1.82, 2.24) is 9.78 Å². The Morgan fingerprint density at radius 2 is 1.78 bits per heavy atom. The number of Topliss-reactive ketones (excluding diaryl/α,β-unsaturated/α-hetero) is 1. The van der Waals surface area contributed by atoms with Crippen molar-refractivity contribution >= 4 is 17.4 Å². The quantitative estimate of drug-likeness (QED) is 0.704. The van der Waals surface area contributed by atoms with Crippen molar-refractivity contribution < 1.29 is 14.3 Å². The third kappa shape index (κ3) is 3.92. The first kappa shape index (κ1) is 18.1. The Morgan fingerprint density at radius 1 is 1.04 bits per heavy atom. The molecule has 0 fully saturated rings. The van der Waals surface area contributed by atoms with Crippen LogP contribution in [0.25, 0.3) is 5.69 Å². The molecule has 0 aliphatic rings. The minimum atomic E-state index is -0.558. The van der Waals surface area contributed by atoms with E-state index in [1.54, 1.807) is 48.5 Å². The number of carbonyl (C=O) groups is 2. The van der Waals surface area contributed by atoms with Crippen molar-refractivity contribution in [3.05, 3.63) is 82.3 Å². The molecule has 1 N–H and O–H groups in total. The fourth-order valence-corrected chi connectivity index (χ4v) is 2.51. The van der Waals surface area contributed by atoms with Crippen LogP contribution in [0.2, 0.25) is 0 Å². The van der Waals surface area contributed by atoms with E-state index in [4.69, 9.17) is 4.74 Å². The highest BCUT2D eigenvalue weighted by Gasteiger charge is 2.18. The predicted octanol–water partition coefficient (Wildman–Crippen LogP) is 2.70. The van der Waals surface area contributed by atoms with Crippen molar-refractivity contribution in [1.29, 1.82) is 0 Å². The Balaban J connectivity index is 2.00. The number of anilines is 1. The third-order valence-electron chi connectivity index (χ3n) is 3.86. The number of benzene rings is 2. The van der Waals surface area contributed by atoms with Crippen LogP contribution in [-0.2, 0) is 0 Å². The standard InChI is InChI=1S/C20H17N3O4/c1-13(24)14-7-6-8-15(11-14)21-20(26)19-17(27-2)12-18(25)23(22-19)16-9-4-3-5-10-16/h3-12H,1-2H3,(H,21,26). The normalized spacial score (nSPS) is 10.3. The minimum Gasteiger partial charge on any atom is -0.494 e. The summed E-state index contributed by atoms with van der Waals surface area (Å²) in [5, 5.41) is 6.84. The van der Waals surface area contributed by atoms with Gasteiger partial charge in [-0.1, -0.05) is 30.3 Å². The highest BCUT2D eigenvalue weighted by atomic mass is 16.5. The molecule has 1 amide bonds. The first-order valence-electron chi connectivity index (χ1n) is 8.15. The summed E-state index contributed by atoms with van der Waals surface area (Å²) in [6.45, 7) is 1.45. The molecule has 0 radical (unpaired) electrons. The number of rotatable bonds is 5. The number of amides is 1. The first-order chi connectivity index (χ1) is 13.0. The van der Waals surface area contributed by atoms with Gasteiger partial charge in [0, 0.05) is 11.3 Å². The highest BCUT2D eigenvalue weighted by Crippen LogP contribution is 2.17. The second-order valence-corrected chi connectivity index (χ2v) is 5.74. The lowest BCUT2D eigenvalue weighted by Gasteiger charge is -2.11. The summed E-state index contributed by atoms with van der Waals surface area (Å²) in [6, 6.07) is 16.5. The molecule has 0 unspecified atom stereocenters. The smallest absolute Gasteiger partial charge is 0.280 e. The summed E-state index contributed by atoms with van der Waals surface area (Å²) in [7, 11) is 1.36. The fourth-order valence-electron chi connectivity index (χ4n) is 2.51. The number of ether oxygens (including phenoxy) is 1. The fraction of sp³-hybridized carbons (Fsp3) is 0.100. The lowest BCUT2D eigenvalue weighted by molar-refractivity contribution is 0.100. The van der Waals surface area contributed by atoms with E-state index in [1.807, 2.05) is 6.07 Å². The van der Waals surface area contributed by atoms with Gasteiger partial charge < -0.3 is 10.1 Å². The topological polar surface area (TPSA) is 90.3 Å². The second kappa shape index (κ2) is 7.65. The summed E-state index contributed by atoms with van der Waals surface area (Å²) in [5.74, 6) is -0.607. The molecule has 0 saturated carbocycles. The predicted molar refractivity (Wildman–Crippen MR) is 101 cm³/mol. The van der Waals surface area contributed by atoms with E-state index in [0.717, 1.165) is 4.68 Å². The molecule has 0 spiro atoms. The number of hydrogen-bond acceptors (Lipinski definition) is 5. The SMILES string of the molecule is COc1cc(=O)n(-c2ccccc2)nc1C(=O)Nc1cccc(C(C)=O)c1. The van der Waals surface area contributed by atoms with Gasteiger partial charge in [-0.3, -0.25) is 14.4 Å². The molecule has 136 valence electrons. The van der Waals surface area contributed by atoms with E-state index in [1.165, 1.54) is 20.1 Å². The van der Waals surface area contributed by atoms with Gasteiger partial charge in [-0.05, 0) is 31.2 Å². The Morgan fingerprint density at radius 3 is 2.44 bits per heavy atom. The first-order valence-corrected chi connectivity index (χ1v) is 8.15. The maximum Gasteiger partial charge on any atom is 0.280 e.